The Bertz CT molecular complexity index is 1260. The third kappa shape index (κ3) is 9.32. The number of hydrogen-bond acceptors (Lipinski definition) is 9. The van der Waals surface area contributed by atoms with E-state index < -0.39 is 17.6 Å². The van der Waals surface area contributed by atoms with Crippen LogP contribution in [0.25, 0.3) is 0 Å². The van der Waals surface area contributed by atoms with Crippen molar-refractivity contribution in [1.29, 1.82) is 5.26 Å². The Morgan fingerprint density at radius 2 is 1.64 bits per heavy atom. The molecule has 0 radical (unpaired) electrons. The van der Waals surface area contributed by atoms with Gasteiger partial charge in [0.25, 0.3) is 0 Å². The zero-order valence-corrected chi connectivity index (χ0v) is 27.6. The Morgan fingerprint density at radius 3 is 2.24 bits per heavy atom. The lowest BCUT2D eigenvalue weighted by Crippen LogP contribution is -2.35. The van der Waals surface area contributed by atoms with Gasteiger partial charge in [-0.3, -0.25) is 10.1 Å². The lowest BCUT2D eigenvalue weighted by molar-refractivity contribution is -0.526. The van der Waals surface area contributed by atoms with Crippen molar-refractivity contribution in [3.05, 3.63) is 46.0 Å². The molecule has 10 nitrogen and oxygen atoms in total. The summed E-state index contributed by atoms with van der Waals surface area (Å²) in [6, 6.07) is 10.9. The van der Waals surface area contributed by atoms with Crippen molar-refractivity contribution in [1.82, 2.24) is 0 Å². The quantitative estimate of drug-likeness (QED) is 0.0769. The van der Waals surface area contributed by atoms with Crippen molar-refractivity contribution in [2.75, 3.05) is 34.0 Å². The predicted molar refractivity (Wildman–Crippen MR) is 173 cm³/mol. The molecule has 1 heterocycles. The van der Waals surface area contributed by atoms with Gasteiger partial charge in [0.2, 0.25) is 17.5 Å². The van der Waals surface area contributed by atoms with Gasteiger partial charge in [-0.05, 0) is 50.3 Å². The highest BCUT2D eigenvalue weighted by atomic mass is 16.6. The van der Waals surface area contributed by atoms with Crippen LogP contribution in [-0.4, -0.2) is 51.1 Å². The molecule has 1 aliphatic heterocycles. The largest absolute Gasteiger partial charge is 0.490 e. The number of nitriles is 1. The second kappa shape index (κ2) is 18.2. The van der Waals surface area contributed by atoms with Crippen LogP contribution in [0, 0.1) is 21.4 Å². The number of ether oxygens (including phenoxy) is 6. The maximum absolute atomic E-state index is 12.1. The van der Waals surface area contributed by atoms with Crippen LogP contribution >= 0.6 is 0 Å². The fraction of sp³-hybridized carbons (Fsp3) is 0.629. The third-order valence-electron chi connectivity index (χ3n) is 8.44. The van der Waals surface area contributed by atoms with Crippen molar-refractivity contribution < 1.29 is 33.3 Å². The van der Waals surface area contributed by atoms with Crippen molar-refractivity contribution in [2.45, 2.75) is 109 Å². The topological polar surface area (TPSA) is 122 Å². The highest BCUT2D eigenvalue weighted by molar-refractivity contribution is 5.65. The molecule has 0 aromatic heterocycles. The monoisotopic (exact) mass is 626 g/mol. The first-order valence-electron chi connectivity index (χ1n) is 16.4. The van der Waals surface area contributed by atoms with E-state index in [1.165, 1.54) is 0 Å². The summed E-state index contributed by atoms with van der Waals surface area (Å²) in [6.07, 6.45) is 7.27. The van der Waals surface area contributed by atoms with E-state index in [1.807, 2.05) is 31.2 Å². The van der Waals surface area contributed by atoms with Crippen LogP contribution in [0.2, 0.25) is 0 Å². The molecule has 0 saturated carbocycles. The minimum atomic E-state index is -0.994. The maximum Gasteiger partial charge on any atom is 0.216 e. The molecule has 3 unspecified atom stereocenters. The molecule has 3 atom stereocenters. The van der Waals surface area contributed by atoms with E-state index in [4.69, 9.17) is 28.4 Å². The Kier molecular flexibility index (Phi) is 14.4. The van der Waals surface area contributed by atoms with E-state index in [9.17, 15) is 15.4 Å². The smallest absolute Gasteiger partial charge is 0.216 e. The molecule has 0 amide bonds. The van der Waals surface area contributed by atoms with Crippen LogP contribution in [0.1, 0.15) is 97.0 Å². The van der Waals surface area contributed by atoms with Crippen LogP contribution in [0.15, 0.2) is 30.3 Å². The molecule has 0 bridgehead atoms. The van der Waals surface area contributed by atoms with Crippen molar-refractivity contribution in [2.24, 2.45) is 0 Å². The molecule has 0 saturated heterocycles. The molecule has 10 heteroatoms. The minimum absolute atomic E-state index is 0.213. The molecule has 0 spiro atoms. The zero-order chi connectivity index (χ0) is 32.7. The number of benzene rings is 2. The lowest BCUT2D eigenvalue weighted by Gasteiger charge is -2.31. The summed E-state index contributed by atoms with van der Waals surface area (Å²) in [5, 5.41) is 22.9. The number of hydrogen-bond donors (Lipinski definition) is 0. The van der Waals surface area contributed by atoms with Crippen LogP contribution in [-0.2, 0) is 5.41 Å². The van der Waals surface area contributed by atoms with Gasteiger partial charge >= 0.3 is 0 Å². The van der Waals surface area contributed by atoms with Crippen LogP contribution in [0.3, 0.4) is 0 Å². The predicted octanol–water partition coefficient (Wildman–Crippen LogP) is 8.06. The minimum Gasteiger partial charge on any atom is -0.490 e. The van der Waals surface area contributed by atoms with Crippen LogP contribution < -0.4 is 28.4 Å². The average molecular weight is 627 g/mol. The number of unbranched alkanes of at least 4 members (excludes halogenated alkanes) is 4. The van der Waals surface area contributed by atoms with Gasteiger partial charge in [-0.25, -0.2) is 0 Å². The summed E-state index contributed by atoms with van der Waals surface area (Å²) in [5.74, 6) is 3.01. The van der Waals surface area contributed by atoms with Crippen LogP contribution in [0.4, 0.5) is 0 Å². The van der Waals surface area contributed by atoms with Gasteiger partial charge in [0.05, 0.1) is 45.3 Å². The molecular weight excluding hydrogens is 576 g/mol. The molecule has 0 aliphatic carbocycles. The number of rotatable bonds is 21. The first-order valence-corrected chi connectivity index (χ1v) is 16.4. The second-order valence-corrected chi connectivity index (χ2v) is 11.5. The first-order chi connectivity index (χ1) is 21.9. The molecule has 0 N–H and O–H groups in total. The third-order valence-corrected chi connectivity index (χ3v) is 8.44. The Labute approximate surface area is 268 Å². The van der Waals surface area contributed by atoms with Gasteiger partial charge in [0.1, 0.15) is 12.7 Å². The van der Waals surface area contributed by atoms with Gasteiger partial charge in [0, 0.05) is 16.9 Å². The molecule has 2 aromatic rings. The van der Waals surface area contributed by atoms with E-state index >= 15 is 0 Å². The Balaban J connectivity index is 1.88. The average Bonchev–Trinajstić information content (AvgIpc) is 3.06. The summed E-state index contributed by atoms with van der Waals surface area (Å²) in [6.45, 7) is 7.42. The normalized spacial score (nSPS) is 15.8. The standard InChI is InChI=1S/C35H50N2O8/c1-6-9-13-20-42-31-23-28(32(43-21-14-10-7-2)34(41-5)33(31)40-4)35(8-3,25-36)19-15-16-26(37(38)39)22-27-24-44-29-17-11-12-18-30(29)45-27/h11-12,17-18,23,26-27H,6-10,13-16,19-22,24H2,1-5H3. The summed E-state index contributed by atoms with van der Waals surface area (Å²) in [4.78, 5) is 11.9. The van der Waals surface area contributed by atoms with Gasteiger partial charge in [0.15, 0.2) is 23.0 Å². The number of fused-ring (bicyclic) bond motifs is 1. The molecule has 0 fully saturated rings. The van der Waals surface area contributed by atoms with E-state index in [0.29, 0.717) is 72.5 Å². The number of para-hydroxylation sites is 2. The zero-order valence-electron chi connectivity index (χ0n) is 27.6. The number of methoxy groups -OCH3 is 2. The molecule has 3 rings (SSSR count). The molecule has 1 aliphatic rings. The van der Waals surface area contributed by atoms with Crippen molar-refractivity contribution in [3.8, 4) is 40.6 Å². The summed E-state index contributed by atoms with van der Waals surface area (Å²) < 4.78 is 35.9. The maximum atomic E-state index is 12.1. The number of nitro groups is 1. The van der Waals surface area contributed by atoms with Gasteiger partial charge in [-0.1, -0.05) is 58.6 Å². The summed E-state index contributed by atoms with van der Waals surface area (Å²) in [5.41, 5.74) is -0.337. The Hall–Kier alpha value is -3.87. The van der Waals surface area contributed by atoms with E-state index in [1.54, 1.807) is 20.3 Å². The van der Waals surface area contributed by atoms with Crippen LogP contribution in [0.5, 0.6) is 34.5 Å². The summed E-state index contributed by atoms with van der Waals surface area (Å²) >= 11 is 0. The second-order valence-electron chi connectivity index (χ2n) is 11.5. The number of nitrogens with zero attached hydrogens (tertiary/aromatic N) is 2. The lowest BCUT2D eigenvalue weighted by atomic mass is 9.74. The Morgan fingerprint density at radius 1 is 0.978 bits per heavy atom. The van der Waals surface area contributed by atoms with Gasteiger partial charge in [-0.2, -0.15) is 5.26 Å². The van der Waals surface area contributed by atoms with Gasteiger partial charge in [-0.15, -0.1) is 0 Å². The van der Waals surface area contributed by atoms with E-state index in [2.05, 4.69) is 19.9 Å². The highest BCUT2D eigenvalue weighted by Gasteiger charge is 2.38. The molecule has 248 valence electrons. The van der Waals surface area contributed by atoms with E-state index in [0.717, 1.165) is 38.5 Å². The van der Waals surface area contributed by atoms with Crippen molar-refractivity contribution in [3.63, 3.8) is 0 Å². The highest BCUT2D eigenvalue weighted by Crippen LogP contribution is 2.52. The molecule has 45 heavy (non-hydrogen) atoms. The first kappa shape index (κ1) is 35.6. The van der Waals surface area contributed by atoms with Gasteiger partial charge < -0.3 is 28.4 Å². The fourth-order valence-corrected chi connectivity index (χ4v) is 5.77. The molecular formula is C35H50N2O8. The summed E-state index contributed by atoms with van der Waals surface area (Å²) in [7, 11) is 3.12. The SMILES string of the molecule is CCCCCOc1cc(C(C#N)(CC)CCCC(CC2COc3ccccc3O2)[N+](=O)[O-])c(OCCCCC)c(OC)c1OC. The van der Waals surface area contributed by atoms with E-state index in [-0.39, 0.29) is 24.4 Å². The van der Waals surface area contributed by atoms with Crippen molar-refractivity contribution >= 4 is 0 Å². The fourth-order valence-electron chi connectivity index (χ4n) is 5.77. The molecule has 2 aromatic carbocycles.